The molecule has 8 nitrogen and oxygen atoms in total. The highest BCUT2D eigenvalue weighted by molar-refractivity contribution is 5.86. The largest absolute Gasteiger partial charge is 0.391 e. The smallest absolute Gasteiger partial charge is 0.242 e. The molecule has 2 aromatic rings. The molecule has 1 aliphatic carbocycles. The van der Waals surface area contributed by atoms with Crippen LogP contribution in [0.2, 0.25) is 0 Å². The van der Waals surface area contributed by atoms with E-state index in [-0.39, 0.29) is 42.8 Å². The van der Waals surface area contributed by atoms with Crippen LogP contribution < -0.4 is 0 Å². The number of rotatable bonds is 6. The molecule has 3 heterocycles. The highest BCUT2D eigenvalue weighted by Crippen LogP contribution is 2.32. The van der Waals surface area contributed by atoms with Gasteiger partial charge in [-0.25, -0.2) is 0 Å². The first-order chi connectivity index (χ1) is 15.5. The van der Waals surface area contributed by atoms with Gasteiger partial charge in [0, 0.05) is 37.0 Å². The maximum Gasteiger partial charge on any atom is 0.242 e. The molecular formula is C25H35N5O3. The van der Waals surface area contributed by atoms with Crippen LogP contribution in [0.1, 0.15) is 56.1 Å². The fourth-order valence-corrected chi connectivity index (χ4v) is 4.56. The standard InChI is InChI=1S/C25H35N5O3/c1-15-19(8-9-25(2,3)4)24(28-27-15)21-10-16-6-7-17(11-20(16)26-21)29(5)23(33)14-30-13-18(31)12-22(30)32/h6-7,10,17-18,26,31H,8-9,11-14H2,1-5H3,(H,27,28). The average Bonchev–Trinajstić information content (AvgIpc) is 3.41. The van der Waals surface area contributed by atoms with E-state index in [9.17, 15) is 14.7 Å². The van der Waals surface area contributed by atoms with Crippen LogP contribution in [0.5, 0.6) is 0 Å². The van der Waals surface area contributed by atoms with Crippen molar-refractivity contribution in [1.82, 2.24) is 25.0 Å². The summed E-state index contributed by atoms with van der Waals surface area (Å²) >= 11 is 0. The van der Waals surface area contributed by atoms with Crippen LogP contribution in [0, 0.1) is 12.3 Å². The summed E-state index contributed by atoms with van der Waals surface area (Å²) in [5.41, 5.74) is 6.74. The van der Waals surface area contributed by atoms with Crippen LogP contribution in [0.4, 0.5) is 0 Å². The van der Waals surface area contributed by atoms with Crippen LogP contribution in [0.25, 0.3) is 17.5 Å². The predicted octanol–water partition coefficient (Wildman–Crippen LogP) is 2.68. The molecule has 33 heavy (non-hydrogen) atoms. The van der Waals surface area contributed by atoms with Gasteiger partial charge in [-0.1, -0.05) is 32.9 Å². The third-order valence-electron chi connectivity index (χ3n) is 6.71. The quantitative estimate of drug-likeness (QED) is 0.625. The lowest BCUT2D eigenvalue weighted by atomic mass is 9.88. The van der Waals surface area contributed by atoms with Gasteiger partial charge < -0.3 is 19.9 Å². The molecule has 178 valence electrons. The molecule has 2 unspecified atom stereocenters. The van der Waals surface area contributed by atoms with Crippen molar-refractivity contribution in [1.29, 1.82) is 0 Å². The molecule has 0 bridgehead atoms. The van der Waals surface area contributed by atoms with Gasteiger partial charge in [0.1, 0.15) is 5.69 Å². The molecule has 0 spiro atoms. The first kappa shape index (κ1) is 23.3. The van der Waals surface area contributed by atoms with Crippen LogP contribution in [0.3, 0.4) is 0 Å². The molecule has 1 aliphatic heterocycles. The number of aliphatic hydroxyl groups excluding tert-OH is 1. The lowest BCUT2D eigenvalue weighted by Gasteiger charge is -2.29. The van der Waals surface area contributed by atoms with Crippen molar-refractivity contribution in [2.24, 2.45) is 5.41 Å². The van der Waals surface area contributed by atoms with E-state index in [1.165, 1.54) is 10.5 Å². The van der Waals surface area contributed by atoms with E-state index in [2.05, 4.69) is 48.9 Å². The second-order valence-electron chi connectivity index (χ2n) is 10.6. The number of aliphatic hydroxyl groups is 1. The molecule has 1 fully saturated rings. The zero-order chi connectivity index (χ0) is 23.9. The van der Waals surface area contributed by atoms with Crippen molar-refractivity contribution in [3.63, 3.8) is 0 Å². The number of hydrogen-bond acceptors (Lipinski definition) is 4. The molecule has 1 saturated heterocycles. The number of likely N-dealkylation sites (tertiary alicyclic amines) is 1. The Morgan fingerprint density at radius 2 is 2.09 bits per heavy atom. The minimum Gasteiger partial charge on any atom is -0.391 e. The summed E-state index contributed by atoms with van der Waals surface area (Å²) in [5, 5.41) is 17.4. The first-order valence-electron chi connectivity index (χ1n) is 11.7. The highest BCUT2D eigenvalue weighted by atomic mass is 16.3. The third kappa shape index (κ3) is 5.05. The summed E-state index contributed by atoms with van der Waals surface area (Å²) in [4.78, 5) is 31.4. The van der Waals surface area contributed by atoms with Gasteiger partial charge in [-0.05, 0) is 36.8 Å². The zero-order valence-corrected chi connectivity index (χ0v) is 20.2. The Balaban J connectivity index is 1.46. The molecule has 8 heteroatoms. The van der Waals surface area contributed by atoms with E-state index in [0.29, 0.717) is 6.42 Å². The van der Waals surface area contributed by atoms with E-state index >= 15 is 0 Å². The molecule has 2 amide bonds. The van der Waals surface area contributed by atoms with Gasteiger partial charge in [0.25, 0.3) is 0 Å². The third-order valence-corrected chi connectivity index (χ3v) is 6.71. The average molecular weight is 454 g/mol. The van der Waals surface area contributed by atoms with Crippen LogP contribution >= 0.6 is 0 Å². The number of H-pyrrole nitrogens is 2. The normalized spacial score (nSPS) is 20.4. The molecule has 0 radical (unpaired) electrons. The zero-order valence-electron chi connectivity index (χ0n) is 20.2. The monoisotopic (exact) mass is 453 g/mol. The molecular weight excluding hydrogens is 418 g/mol. The van der Waals surface area contributed by atoms with Crippen molar-refractivity contribution in [3.05, 3.63) is 34.7 Å². The Morgan fingerprint density at radius 3 is 2.76 bits per heavy atom. The summed E-state index contributed by atoms with van der Waals surface area (Å²) in [6.45, 7) is 9.05. The molecule has 0 aromatic carbocycles. The second-order valence-corrected chi connectivity index (χ2v) is 10.6. The van der Waals surface area contributed by atoms with Gasteiger partial charge in [0.2, 0.25) is 11.8 Å². The first-order valence-corrected chi connectivity index (χ1v) is 11.7. The predicted molar refractivity (Wildman–Crippen MR) is 127 cm³/mol. The Morgan fingerprint density at radius 1 is 1.33 bits per heavy atom. The van der Waals surface area contributed by atoms with E-state index in [1.54, 1.807) is 11.9 Å². The minimum absolute atomic E-state index is 0.00322. The van der Waals surface area contributed by atoms with Crippen LogP contribution in [-0.2, 0) is 22.4 Å². The number of hydrogen-bond donors (Lipinski definition) is 3. The van der Waals surface area contributed by atoms with Gasteiger partial charge in [-0.2, -0.15) is 5.10 Å². The lowest BCUT2D eigenvalue weighted by Crippen LogP contribution is -2.44. The van der Waals surface area contributed by atoms with E-state index in [1.807, 2.05) is 12.2 Å². The van der Waals surface area contributed by atoms with E-state index < -0.39 is 6.10 Å². The summed E-state index contributed by atoms with van der Waals surface area (Å²) in [6, 6.07) is 2.03. The van der Waals surface area contributed by atoms with Crippen molar-refractivity contribution in [2.45, 2.75) is 65.5 Å². The van der Waals surface area contributed by atoms with Crippen molar-refractivity contribution in [3.8, 4) is 11.4 Å². The minimum atomic E-state index is -0.677. The topological polar surface area (TPSA) is 105 Å². The number of fused-ring (bicyclic) bond motifs is 1. The highest BCUT2D eigenvalue weighted by Gasteiger charge is 2.32. The number of aromatic amines is 2. The Hall–Kier alpha value is -2.87. The molecule has 2 atom stereocenters. The number of carbonyl (C=O) groups is 2. The van der Waals surface area contributed by atoms with Gasteiger partial charge in [-0.15, -0.1) is 0 Å². The fourth-order valence-electron chi connectivity index (χ4n) is 4.56. The number of aryl methyl sites for hydroxylation is 1. The summed E-state index contributed by atoms with van der Waals surface area (Å²) in [5.74, 6) is -0.300. The van der Waals surface area contributed by atoms with E-state index in [0.717, 1.165) is 41.2 Å². The van der Waals surface area contributed by atoms with Gasteiger partial charge in [0.15, 0.2) is 0 Å². The summed E-state index contributed by atoms with van der Waals surface area (Å²) in [7, 11) is 1.77. The van der Waals surface area contributed by atoms with Crippen molar-refractivity contribution in [2.75, 3.05) is 20.1 Å². The SMILES string of the molecule is Cc1[nH]nc(-c2cc3c([nH]2)CC(N(C)C(=O)CN2CC(O)CC2=O)C=C3)c1CCC(C)(C)C. The Bertz CT molecular complexity index is 1070. The van der Waals surface area contributed by atoms with Gasteiger partial charge >= 0.3 is 0 Å². The maximum absolute atomic E-state index is 12.8. The number of carbonyl (C=O) groups excluding carboxylic acids is 2. The molecule has 4 rings (SSSR count). The molecule has 0 saturated carbocycles. The van der Waals surface area contributed by atoms with Gasteiger partial charge in [-0.3, -0.25) is 14.7 Å². The van der Waals surface area contributed by atoms with Crippen molar-refractivity contribution >= 4 is 17.9 Å². The summed E-state index contributed by atoms with van der Waals surface area (Å²) in [6.07, 6.45) is 6.21. The van der Waals surface area contributed by atoms with E-state index in [4.69, 9.17) is 0 Å². The van der Waals surface area contributed by atoms with Crippen LogP contribution in [-0.4, -0.2) is 74.2 Å². The lowest BCUT2D eigenvalue weighted by molar-refractivity contribution is -0.138. The summed E-state index contributed by atoms with van der Waals surface area (Å²) < 4.78 is 0. The Kier molecular flexibility index (Phi) is 6.22. The van der Waals surface area contributed by atoms with Crippen LogP contribution in [0.15, 0.2) is 12.1 Å². The fraction of sp³-hybridized carbons (Fsp3) is 0.560. The Labute approximate surface area is 195 Å². The number of aromatic nitrogens is 3. The molecule has 2 aliphatic rings. The number of likely N-dealkylation sites (N-methyl/N-ethyl adjacent to an activating group) is 1. The number of amides is 2. The number of β-amino-alcohol motifs (C(OH)–C–C–N with tert-alkyl or cyclic N) is 1. The molecule has 3 N–H and O–H groups in total. The maximum atomic E-state index is 12.8. The van der Waals surface area contributed by atoms with Gasteiger partial charge in [0.05, 0.1) is 30.8 Å². The number of nitrogens with one attached hydrogen (secondary N) is 2. The number of nitrogens with zero attached hydrogens (tertiary/aromatic N) is 3. The molecule has 2 aromatic heterocycles. The van der Waals surface area contributed by atoms with Crippen molar-refractivity contribution < 1.29 is 14.7 Å². The second kappa shape index (κ2) is 8.82.